The van der Waals surface area contributed by atoms with Crippen LogP contribution in [0.2, 0.25) is 0 Å². The van der Waals surface area contributed by atoms with Gasteiger partial charge >= 0.3 is 6.18 Å². The van der Waals surface area contributed by atoms with E-state index in [1.54, 1.807) is 24.6 Å². The van der Waals surface area contributed by atoms with Crippen LogP contribution < -0.4 is 4.90 Å². The highest BCUT2D eigenvalue weighted by Crippen LogP contribution is 2.50. The number of hydrogen-bond donors (Lipinski definition) is 0. The first-order chi connectivity index (χ1) is 15.9. The van der Waals surface area contributed by atoms with E-state index in [1.165, 1.54) is 6.07 Å². The average Bonchev–Trinajstić information content (AvgIpc) is 3.54. The van der Waals surface area contributed by atoms with Gasteiger partial charge < -0.3 is 4.90 Å². The number of nitrogens with zero attached hydrogens (tertiary/aromatic N) is 6. The number of aryl methyl sites for hydroxylation is 1. The Morgan fingerprint density at radius 2 is 2.00 bits per heavy atom. The van der Waals surface area contributed by atoms with Crippen LogP contribution in [0.4, 0.5) is 19.0 Å². The lowest BCUT2D eigenvalue weighted by molar-refractivity contribution is -0.137. The summed E-state index contributed by atoms with van der Waals surface area (Å²) in [5.41, 5.74) is 3.28. The molecular formula is C23H21F3N6S. The maximum atomic E-state index is 13.5. The van der Waals surface area contributed by atoms with E-state index in [2.05, 4.69) is 20.2 Å². The molecule has 4 aromatic rings. The molecule has 1 saturated heterocycles. The van der Waals surface area contributed by atoms with Crippen LogP contribution in [-0.4, -0.2) is 31.3 Å². The second kappa shape index (κ2) is 7.51. The second-order valence-electron chi connectivity index (χ2n) is 8.87. The molecule has 170 valence electrons. The van der Waals surface area contributed by atoms with Crippen LogP contribution in [0.1, 0.15) is 42.4 Å². The molecule has 10 heteroatoms. The Kier molecular flexibility index (Phi) is 4.69. The van der Waals surface area contributed by atoms with Gasteiger partial charge in [-0.25, -0.2) is 9.97 Å². The molecule has 1 aromatic carbocycles. The number of thiazole rings is 1. The fraction of sp³-hybridized carbons (Fsp3) is 0.391. The standard InChI is InChI=1S/C23H21F3N6S/c1-13-7-15(23(24,25)26)8-20(29-13)31-10-14-3-2-4-17(14)21(31)22-30-28-11-32(22)16-5-6-19-18(9-16)27-12-33-19/h5-9,11-12,14,17,21H,2-4,10H2,1H3. The number of halogens is 3. The molecule has 0 radical (unpaired) electrons. The lowest BCUT2D eigenvalue weighted by Gasteiger charge is -2.29. The number of hydrogen-bond acceptors (Lipinski definition) is 6. The first-order valence-corrected chi connectivity index (χ1v) is 11.8. The molecule has 4 heterocycles. The van der Waals surface area contributed by atoms with Gasteiger partial charge in [-0.1, -0.05) is 6.42 Å². The summed E-state index contributed by atoms with van der Waals surface area (Å²) in [4.78, 5) is 10.9. The topological polar surface area (TPSA) is 59.7 Å². The monoisotopic (exact) mass is 470 g/mol. The quantitative estimate of drug-likeness (QED) is 0.391. The molecule has 6 nitrogen and oxygen atoms in total. The highest BCUT2D eigenvalue weighted by atomic mass is 32.1. The van der Waals surface area contributed by atoms with Gasteiger partial charge in [0.15, 0.2) is 5.82 Å². The molecule has 0 bridgehead atoms. The van der Waals surface area contributed by atoms with E-state index >= 15 is 0 Å². The first kappa shape index (κ1) is 20.6. The van der Waals surface area contributed by atoms with Crippen LogP contribution in [-0.2, 0) is 6.18 Å². The van der Waals surface area contributed by atoms with Crippen molar-refractivity contribution in [3.05, 3.63) is 59.3 Å². The fourth-order valence-electron chi connectivity index (χ4n) is 5.47. The van der Waals surface area contributed by atoms with E-state index in [0.29, 0.717) is 29.9 Å². The molecule has 1 saturated carbocycles. The number of pyridine rings is 1. The molecular weight excluding hydrogens is 449 g/mol. The third-order valence-corrected chi connectivity index (χ3v) is 7.69. The Labute approximate surface area is 192 Å². The number of benzene rings is 1. The van der Waals surface area contributed by atoms with Crippen molar-refractivity contribution >= 4 is 27.4 Å². The molecule has 6 rings (SSSR count). The predicted octanol–water partition coefficient (Wildman–Crippen LogP) is 5.58. The van der Waals surface area contributed by atoms with Crippen LogP contribution in [0, 0.1) is 18.8 Å². The minimum atomic E-state index is -4.42. The molecule has 3 atom stereocenters. The summed E-state index contributed by atoms with van der Waals surface area (Å²) in [7, 11) is 0. The largest absolute Gasteiger partial charge is 0.416 e. The first-order valence-electron chi connectivity index (χ1n) is 10.9. The number of fused-ring (bicyclic) bond motifs is 2. The van der Waals surface area contributed by atoms with E-state index in [9.17, 15) is 13.2 Å². The average molecular weight is 471 g/mol. The third-order valence-electron chi connectivity index (χ3n) is 6.88. The summed E-state index contributed by atoms with van der Waals surface area (Å²) in [5, 5.41) is 8.67. The molecule has 1 aliphatic carbocycles. The van der Waals surface area contributed by atoms with Crippen LogP contribution in [0.5, 0.6) is 0 Å². The van der Waals surface area contributed by atoms with E-state index in [4.69, 9.17) is 0 Å². The number of aromatic nitrogens is 5. The summed E-state index contributed by atoms with van der Waals surface area (Å²) in [6.45, 7) is 2.28. The highest BCUT2D eigenvalue weighted by Gasteiger charge is 2.48. The van der Waals surface area contributed by atoms with Gasteiger partial charge in [0.2, 0.25) is 0 Å². The Hall–Kier alpha value is -3.01. The smallest absolute Gasteiger partial charge is 0.346 e. The lowest BCUT2D eigenvalue weighted by Crippen LogP contribution is -2.29. The molecule has 0 amide bonds. The van der Waals surface area contributed by atoms with Crippen LogP contribution >= 0.6 is 11.3 Å². The Morgan fingerprint density at radius 1 is 1.12 bits per heavy atom. The number of anilines is 1. The number of alkyl halides is 3. The van der Waals surface area contributed by atoms with Crippen LogP contribution in [0.3, 0.4) is 0 Å². The molecule has 1 aliphatic heterocycles. The van der Waals surface area contributed by atoms with Crippen molar-refractivity contribution in [3.8, 4) is 5.69 Å². The van der Waals surface area contributed by atoms with Gasteiger partial charge in [0.25, 0.3) is 0 Å². The Morgan fingerprint density at radius 3 is 2.85 bits per heavy atom. The molecule has 2 fully saturated rings. The Bertz CT molecular complexity index is 1330. The van der Waals surface area contributed by atoms with Crippen molar-refractivity contribution in [1.29, 1.82) is 0 Å². The summed E-state index contributed by atoms with van der Waals surface area (Å²) in [5.74, 6) is 1.78. The summed E-state index contributed by atoms with van der Waals surface area (Å²) >= 11 is 1.58. The zero-order valence-electron chi connectivity index (χ0n) is 17.8. The fourth-order valence-corrected chi connectivity index (χ4v) is 6.13. The maximum absolute atomic E-state index is 13.5. The zero-order valence-corrected chi connectivity index (χ0v) is 18.6. The van der Waals surface area contributed by atoms with Gasteiger partial charge in [-0.05, 0) is 61.9 Å². The second-order valence-corrected chi connectivity index (χ2v) is 9.76. The molecule has 3 unspecified atom stereocenters. The molecule has 0 N–H and O–H groups in total. The van der Waals surface area contributed by atoms with Crippen molar-refractivity contribution in [2.45, 2.75) is 38.4 Å². The van der Waals surface area contributed by atoms with Gasteiger partial charge in [0.05, 0.1) is 33.0 Å². The zero-order chi connectivity index (χ0) is 22.7. The van der Waals surface area contributed by atoms with Crippen molar-refractivity contribution in [2.24, 2.45) is 11.8 Å². The lowest BCUT2D eigenvalue weighted by atomic mass is 9.93. The predicted molar refractivity (Wildman–Crippen MR) is 119 cm³/mol. The molecule has 2 aliphatic rings. The third kappa shape index (κ3) is 3.47. The highest BCUT2D eigenvalue weighted by molar-refractivity contribution is 7.16. The molecule has 0 spiro atoms. The minimum Gasteiger partial charge on any atom is -0.346 e. The SMILES string of the molecule is Cc1cc(C(F)(F)F)cc(N2CC3CCCC3C2c2nncn2-c2ccc3scnc3c2)n1. The van der Waals surface area contributed by atoms with Gasteiger partial charge in [0, 0.05) is 12.2 Å². The van der Waals surface area contributed by atoms with Gasteiger partial charge in [-0.3, -0.25) is 4.57 Å². The normalized spacial score (nSPS) is 22.9. The van der Waals surface area contributed by atoms with Gasteiger partial charge in [0.1, 0.15) is 12.1 Å². The van der Waals surface area contributed by atoms with Gasteiger partial charge in [-0.2, -0.15) is 13.2 Å². The van der Waals surface area contributed by atoms with E-state index in [0.717, 1.165) is 47.1 Å². The summed E-state index contributed by atoms with van der Waals surface area (Å²) in [6.07, 6.45) is 0.453. The van der Waals surface area contributed by atoms with Crippen LogP contribution in [0.15, 0.2) is 42.2 Å². The van der Waals surface area contributed by atoms with Crippen molar-refractivity contribution in [3.63, 3.8) is 0 Å². The van der Waals surface area contributed by atoms with Crippen molar-refractivity contribution in [1.82, 2.24) is 24.7 Å². The maximum Gasteiger partial charge on any atom is 0.416 e. The van der Waals surface area contributed by atoms with E-state index in [-0.39, 0.29) is 6.04 Å². The van der Waals surface area contributed by atoms with E-state index < -0.39 is 11.7 Å². The van der Waals surface area contributed by atoms with E-state index in [1.807, 2.05) is 33.2 Å². The molecule has 33 heavy (non-hydrogen) atoms. The number of rotatable bonds is 3. The minimum absolute atomic E-state index is 0.193. The summed E-state index contributed by atoms with van der Waals surface area (Å²) in [6, 6.07) is 8.10. The summed E-state index contributed by atoms with van der Waals surface area (Å²) < 4.78 is 43.7. The van der Waals surface area contributed by atoms with Crippen LogP contribution in [0.25, 0.3) is 15.9 Å². The van der Waals surface area contributed by atoms with Crippen molar-refractivity contribution in [2.75, 3.05) is 11.4 Å². The molecule has 3 aromatic heterocycles. The Balaban J connectivity index is 1.46. The van der Waals surface area contributed by atoms with Crippen molar-refractivity contribution < 1.29 is 13.2 Å². The van der Waals surface area contributed by atoms with Gasteiger partial charge in [-0.15, -0.1) is 21.5 Å².